The van der Waals surface area contributed by atoms with E-state index in [-0.39, 0.29) is 11.5 Å². The van der Waals surface area contributed by atoms with Crippen molar-refractivity contribution >= 4 is 11.8 Å². The van der Waals surface area contributed by atoms with E-state index >= 15 is 0 Å². The standard InChI is InChI=1S/C9H9N5O/c1-6-8(15)12-9(14-13-6)11-7-4-2-3-5-10-7/h2-5H,1H3,(H2,10,11,12,14,15). The van der Waals surface area contributed by atoms with Crippen LogP contribution in [-0.2, 0) is 0 Å². The molecule has 0 spiro atoms. The molecule has 2 aromatic rings. The van der Waals surface area contributed by atoms with Gasteiger partial charge >= 0.3 is 0 Å². The molecule has 0 bridgehead atoms. The average Bonchev–Trinajstić information content (AvgIpc) is 2.25. The number of pyridine rings is 1. The highest BCUT2D eigenvalue weighted by Gasteiger charge is 2.00. The van der Waals surface area contributed by atoms with Crippen LogP contribution in [0.3, 0.4) is 0 Å². The van der Waals surface area contributed by atoms with Crippen LogP contribution in [0.1, 0.15) is 5.69 Å². The van der Waals surface area contributed by atoms with Gasteiger partial charge in [0.25, 0.3) is 5.56 Å². The molecule has 15 heavy (non-hydrogen) atoms. The number of hydrogen-bond donors (Lipinski definition) is 2. The van der Waals surface area contributed by atoms with E-state index in [4.69, 9.17) is 0 Å². The molecule has 0 saturated heterocycles. The number of H-pyrrole nitrogens is 1. The molecule has 0 saturated carbocycles. The van der Waals surface area contributed by atoms with E-state index in [1.54, 1.807) is 25.3 Å². The van der Waals surface area contributed by atoms with Gasteiger partial charge in [0.2, 0.25) is 5.95 Å². The summed E-state index contributed by atoms with van der Waals surface area (Å²) < 4.78 is 0. The van der Waals surface area contributed by atoms with E-state index in [9.17, 15) is 4.79 Å². The van der Waals surface area contributed by atoms with Crippen molar-refractivity contribution in [3.8, 4) is 0 Å². The number of aromatic nitrogens is 4. The Labute approximate surface area is 85.4 Å². The number of nitrogens with zero attached hydrogens (tertiary/aromatic N) is 3. The van der Waals surface area contributed by atoms with Crippen molar-refractivity contribution in [2.45, 2.75) is 6.92 Å². The van der Waals surface area contributed by atoms with Gasteiger partial charge in [0.1, 0.15) is 11.5 Å². The molecule has 6 heteroatoms. The lowest BCUT2D eigenvalue weighted by atomic mass is 10.5. The molecular formula is C9H9N5O. The smallest absolute Gasteiger partial charge is 0.273 e. The fourth-order valence-corrected chi connectivity index (χ4v) is 1.01. The summed E-state index contributed by atoms with van der Waals surface area (Å²) in [5, 5.41) is 10.3. The number of aromatic amines is 1. The molecule has 0 atom stereocenters. The van der Waals surface area contributed by atoms with Crippen molar-refractivity contribution in [2.24, 2.45) is 0 Å². The average molecular weight is 203 g/mol. The van der Waals surface area contributed by atoms with Gasteiger partial charge in [-0.15, -0.1) is 10.2 Å². The zero-order valence-electron chi connectivity index (χ0n) is 8.06. The minimum Gasteiger partial charge on any atom is -0.309 e. The molecule has 0 radical (unpaired) electrons. The molecule has 0 amide bonds. The summed E-state index contributed by atoms with van der Waals surface area (Å²) in [4.78, 5) is 17.8. The second-order valence-corrected chi connectivity index (χ2v) is 2.93. The first kappa shape index (κ1) is 9.32. The van der Waals surface area contributed by atoms with E-state index in [1.807, 2.05) is 6.07 Å². The van der Waals surface area contributed by atoms with Gasteiger partial charge in [0.05, 0.1) is 0 Å². The minimum atomic E-state index is -0.261. The third kappa shape index (κ3) is 2.16. The van der Waals surface area contributed by atoms with Gasteiger partial charge in [-0.3, -0.25) is 9.78 Å². The summed E-state index contributed by atoms with van der Waals surface area (Å²) >= 11 is 0. The molecule has 0 aliphatic rings. The summed E-state index contributed by atoms with van der Waals surface area (Å²) in [5.41, 5.74) is 0.0741. The topological polar surface area (TPSA) is 83.6 Å². The molecule has 2 heterocycles. The molecule has 76 valence electrons. The molecule has 2 aromatic heterocycles. The minimum absolute atomic E-state index is 0.261. The summed E-state index contributed by atoms with van der Waals surface area (Å²) in [6, 6.07) is 5.39. The Morgan fingerprint density at radius 1 is 1.33 bits per heavy atom. The molecule has 0 aliphatic carbocycles. The maximum Gasteiger partial charge on any atom is 0.273 e. The second kappa shape index (κ2) is 3.87. The van der Waals surface area contributed by atoms with E-state index in [1.165, 1.54) is 0 Å². The first-order chi connectivity index (χ1) is 7.25. The first-order valence-corrected chi connectivity index (χ1v) is 4.37. The highest BCUT2D eigenvalue weighted by atomic mass is 16.1. The van der Waals surface area contributed by atoms with Crippen LogP contribution < -0.4 is 10.9 Å². The Kier molecular flexibility index (Phi) is 2.40. The SMILES string of the molecule is Cc1nnc(Nc2ccccn2)[nH]c1=O. The fourth-order valence-electron chi connectivity index (χ4n) is 1.01. The maximum atomic E-state index is 11.2. The monoisotopic (exact) mass is 203 g/mol. The Hall–Kier alpha value is -2.24. The van der Waals surface area contributed by atoms with Crippen molar-refractivity contribution in [1.82, 2.24) is 20.2 Å². The molecule has 2 N–H and O–H groups in total. The van der Waals surface area contributed by atoms with Crippen LogP contribution in [0.5, 0.6) is 0 Å². The van der Waals surface area contributed by atoms with E-state index < -0.39 is 0 Å². The summed E-state index contributed by atoms with van der Waals surface area (Å²) in [6.07, 6.45) is 1.64. The predicted molar refractivity (Wildman–Crippen MR) is 54.9 cm³/mol. The lowest BCUT2D eigenvalue weighted by Gasteiger charge is -2.02. The third-order valence-corrected chi connectivity index (χ3v) is 1.77. The van der Waals surface area contributed by atoms with E-state index in [0.29, 0.717) is 11.5 Å². The summed E-state index contributed by atoms with van der Waals surface area (Å²) in [6.45, 7) is 1.59. The molecule has 0 aliphatic heterocycles. The number of aryl methyl sites for hydroxylation is 1. The van der Waals surface area contributed by atoms with Gasteiger partial charge < -0.3 is 5.32 Å². The van der Waals surface area contributed by atoms with Crippen LogP contribution in [0.2, 0.25) is 0 Å². The molecule has 2 rings (SSSR count). The normalized spacial score (nSPS) is 9.93. The first-order valence-electron chi connectivity index (χ1n) is 4.37. The molecule has 0 unspecified atom stereocenters. The number of anilines is 2. The zero-order valence-corrected chi connectivity index (χ0v) is 8.06. The van der Waals surface area contributed by atoms with Gasteiger partial charge in [-0.05, 0) is 19.1 Å². The zero-order chi connectivity index (χ0) is 10.7. The summed E-state index contributed by atoms with van der Waals surface area (Å²) in [7, 11) is 0. The lowest BCUT2D eigenvalue weighted by Crippen LogP contribution is -2.15. The Balaban J connectivity index is 2.26. The van der Waals surface area contributed by atoms with Crippen molar-refractivity contribution in [3.63, 3.8) is 0 Å². The molecule has 0 aromatic carbocycles. The van der Waals surface area contributed by atoms with Crippen LogP contribution in [0, 0.1) is 6.92 Å². The van der Waals surface area contributed by atoms with Crippen LogP contribution in [-0.4, -0.2) is 20.2 Å². The number of hydrogen-bond acceptors (Lipinski definition) is 5. The van der Waals surface area contributed by atoms with Crippen molar-refractivity contribution in [2.75, 3.05) is 5.32 Å². The van der Waals surface area contributed by atoms with Gasteiger partial charge in [0, 0.05) is 6.20 Å². The van der Waals surface area contributed by atoms with Crippen LogP contribution >= 0.6 is 0 Å². The Morgan fingerprint density at radius 2 is 2.20 bits per heavy atom. The highest BCUT2D eigenvalue weighted by Crippen LogP contribution is 2.05. The van der Waals surface area contributed by atoms with Crippen molar-refractivity contribution in [1.29, 1.82) is 0 Å². The van der Waals surface area contributed by atoms with E-state index in [2.05, 4.69) is 25.5 Å². The number of nitrogens with one attached hydrogen (secondary N) is 2. The van der Waals surface area contributed by atoms with Gasteiger partial charge in [0.15, 0.2) is 0 Å². The largest absolute Gasteiger partial charge is 0.309 e. The quantitative estimate of drug-likeness (QED) is 0.747. The highest BCUT2D eigenvalue weighted by molar-refractivity contribution is 5.45. The van der Waals surface area contributed by atoms with Crippen molar-refractivity contribution < 1.29 is 0 Å². The number of rotatable bonds is 2. The predicted octanol–water partition coefficient (Wildman–Crippen LogP) is 0.612. The van der Waals surface area contributed by atoms with E-state index in [0.717, 1.165) is 0 Å². The lowest BCUT2D eigenvalue weighted by molar-refractivity contribution is 0.906. The third-order valence-electron chi connectivity index (χ3n) is 1.77. The van der Waals surface area contributed by atoms with Gasteiger partial charge in [-0.25, -0.2) is 4.98 Å². The Bertz CT molecular complexity index is 507. The second-order valence-electron chi connectivity index (χ2n) is 2.93. The van der Waals surface area contributed by atoms with Gasteiger partial charge in [-0.1, -0.05) is 6.07 Å². The molecular weight excluding hydrogens is 194 g/mol. The molecule has 0 fully saturated rings. The van der Waals surface area contributed by atoms with Crippen LogP contribution in [0.15, 0.2) is 29.2 Å². The van der Waals surface area contributed by atoms with Crippen molar-refractivity contribution in [3.05, 3.63) is 40.4 Å². The summed E-state index contributed by atoms with van der Waals surface area (Å²) in [5.74, 6) is 0.885. The van der Waals surface area contributed by atoms with Crippen LogP contribution in [0.25, 0.3) is 0 Å². The van der Waals surface area contributed by atoms with Crippen LogP contribution in [0.4, 0.5) is 11.8 Å². The van der Waals surface area contributed by atoms with Gasteiger partial charge in [-0.2, -0.15) is 0 Å². The maximum absolute atomic E-state index is 11.2. The fraction of sp³-hybridized carbons (Fsp3) is 0.111. The molecule has 6 nitrogen and oxygen atoms in total. The Morgan fingerprint density at radius 3 is 2.87 bits per heavy atom.